The molecule has 0 heterocycles. The SMILES string of the molecule is CC(C)(C)c1ccc(C(=O)O)cc1NC=C(C#N)C#N. The van der Waals surface area contributed by atoms with E-state index >= 15 is 0 Å². The number of nitriles is 2. The molecule has 0 fully saturated rings. The van der Waals surface area contributed by atoms with Gasteiger partial charge in [0.05, 0.1) is 5.56 Å². The molecular formula is C15H15N3O2. The average Bonchev–Trinajstić information content (AvgIpc) is 2.38. The average molecular weight is 269 g/mol. The smallest absolute Gasteiger partial charge is 0.335 e. The Kier molecular flexibility index (Phi) is 4.50. The van der Waals surface area contributed by atoms with Gasteiger partial charge in [-0.25, -0.2) is 4.79 Å². The van der Waals surface area contributed by atoms with Gasteiger partial charge in [-0.2, -0.15) is 10.5 Å². The number of anilines is 1. The third-order valence-electron chi connectivity index (χ3n) is 2.69. The molecule has 0 aliphatic rings. The Morgan fingerprint density at radius 2 is 1.90 bits per heavy atom. The topological polar surface area (TPSA) is 96.9 Å². The van der Waals surface area contributed by atoms with Crippen LogP contribution in [-0.2, 0) is 5.41 Å². The summed E-state index contributed by atoms with van der Waals surface area (Å²) >= 11 is 0. The van der Waals surface area contributed by atoms with E-state index in [2.05, 4.69) is 5.32 Å². The van der Waals surface area contributed by atoms with Crippen molar-refractivity contribution in [3.05, 3.63) is 41.1 Å². The van der Waals surface area contributed by atoms with Crippen molar-refractivity contribution in [2.75, 3.05) is 5.32 Å². The molecule has 0 aliphatic carbocycles. The van der Waals surface area contributed by atoms with E-state index in [-0.39, 0.29) is 16.6 Å². The molecule has 102 valence electrons. The van der Waals surface area contributed by atoms with Gasteiger partial charge in [0.1, 0.15) is 17.7 Å². The maximum atomic E-state index is 11.0. The molecule has 5 nitrogen and oxygen atoms in total. The molecular weight excluding hydrogens is 254 g/mol. The van der Waals surface area contributed by atoms with Crippen molar-refractivity contribution in [1.82, 2.24) is 0 Å². The summed E-state index contributed by atoms with van der Waals surface area (Å²) in [7, 11) is 0. The van der Waals surface area contributed by atoms with Crippen LogP contribution >= 0.6 is 0 Å². The Hall–Kier alpha value is -2.79. The lowest BCUT2D eigenvalue weighted by Gasteiger charge is -2.23. The van der Waals surface area contributed by atoms with Crippen LogP contribution in [-0.4, -0.2) is 11.1 Å². The second kappa shape index (κ2) is 5.90. The molecule has 0 atom stereocenters. The summed E-state index contributed by atoms with van der Waals surface area (Å²) in [5.41, 5.74) is 1.33. The van der Waals surface area contributed by atoms with Gasteiger partial charge in [0.15, 0.2) is 0 Å². The number of carboxylic acid groups (broad SMARTS) is 1. The summed E-state index contributed by atoms with van der Waals surface area (Å²) in [6, 6.07) is 8.24. The largest absolute Gasteiger partial charge is 0.478 e. The van der Waals surface area contributed by atoms with Gasteiger partial charge in [-0.15, -0.1) is 0 Å². The number of rotatable bonds is 3. The molecule has 0 unspecified atom stereocenters. The Labute approximate surface area is 117 Å². The molecule has 0 bridgehead atoms. The summed E-state index contributed by atoms with van der Waals surface area (Å²) in [5.74, 6) is -1.03. The molecule has 0 aliphatic heterocycles. The van der Waals surface area contributed by atoms with Crippen LogP contribution in [0, 0.1) is 22.7 Å². The number of allylic oxidation sites excluding steroid dienone is 1. The molecule has 5 heteroatoms. The molecule has 0 aromatic heterocycles. The highest BCUT2D eigenvalue weighted by atomic mass is 16.4. The van der Waals surface area contributed by atoms with E-state index in [9.17, 15) is 4.79 Å². The van der Waals surface area contributed by atoms with E-state index in [1.165, 1.54) is 18.3 Å². The Morgan fingerprint density at radius 1 is 1.30 bits per heavy atom. The highest BCUT2D eigenvalue weighted by Crippen LogP contribution is 2.30. The minimum Gasteiger partial charge on any atom is -0.478 e. The van der Waals surface area contributed by atoms with Crippen LogP contribution in [0.1, 0.15) is 36.7 Å². The zero-order valence-corrected chi connectivity index (χ0v) is 11.6. The van der Waals surface area contributed by atoms with Crippen molar-refractivity contribution in [1.29, 1.82) is 10.5 Å². The lowest BCUT2D eigenvalue weighted by molar-refractivity contribution is 0.0697. The van der Waals surface area contributed by atoms with Crippen LogP contribution in [0.25, 0.3) is 0 Å². The minimum absolute atomic E-state index is 0.0782. The Bertz CT molecular complexity index is 625. The molecule has 1 aromatic carbocycles. The summed E-state index contributed by atoms with van der Waals surface area (Å²) in [6.45, 7) is 5.98. The van der Waals surface area contributed by atoms with Crippen molar-refractivity contribution in [3.8, 4) is 12.1 Å². The number of aromatic carboxylic acids is 1. The fourth-order valence-corrected chi connectivity index (χ4v) is 1.69. The maximum absolute atomic E-state index is 11.0. The lowest BCUT2D eigenvalue weighted by atomic mass is 9.85. The number of carbonyl (C=O) groups is 1. The molecule has 0 spiro atoms. The van der Waals surface area contributed by atoms with E-state index in [0.717, 1.165) is 5.56 Å². The first kappa shape index (κ1) is 15.3. The Balaban J connectivity index is 3.31. The predicted octanol–water partition coefficient (Wildman–Crippen LogP) is 3.03. The van der Waals surface area contributed by atoms with E-state index in [1.807, 2.05) is 20.8 Å². The van der Waals surface area contributed by atoms with Crippen LogP contribution in [0.2, 0.25) is 0 Å². The normalized spacial score (nSPS) is 10.1. The number of nitrogens with zero attached hydrogens (tertiary/aromatic N) is 2. The van der Waals surface area contributed by atoms with E-state index in [1.54, 1.807) is 18.2 Å². The molecule has 0 amide bonds. The zero-order chi connectivity index (χ0) is 15.3. The molecule has 1 rings (SSSR count). The van der Waals surface area contributed by atoms with Gasteiger partial charge in [0.25, 0.3) is 0 Å². The van der Waals surface area contributed by atoms with Gasteiger partial charge in [-0.1, -0.05) is 26.8 Å². The van der Waals surface area contributed by atoms with E-state index < -0.39 is 5.97 Å². The van der Waals surface area contributed by atoms with Crippen molar-refractivity contribution >= 4 is 11.7 Å². The third kappa shape index (κ3) is 3.60. The van der Waals surface area contributed by atoms with Crippen molar-refractivity contribution in [2.45, 2.75) is 26.2 Å². The number of hydrogen-bond donors (Lipinski definition) is 2. The van der Waals surface area contributed by atoms with Gasteiger partial charge in [-0.05, 0) is 23.1 Å². The van der Waals surface area contributed by atoms with Gasteiger partial charge in [0.2, 0.25) is 0 Å². The Morgan fingerprint density at radius 3 is 2.35 bits per heavy atom. The standard InChI is InChI=1S/C15H15N3O2/c1-15(2,3)12-5-4-11(14(19)20)6-13(12)18-9-10(7-16)8-17/h4-6,9,18H,1-3H3,(H,19,20). The molecule has 0 saturated heterocycles. The maximum Gasteiger partial charge on any atom is 0.335 e. The van der Waals surface area contributed by atoms with Crippen molar-refractivity contribution < 1.29 is 9.90 Å². The number of benzene rings is 1. The summed E-state index contributed by atoms with van der Waals surface area (Å²) in [4.78, 5) is 11.0. The van der Waals surface area contributed by atoms with E-state index in [0.29, 0.717) is 5.69 Å². The van der Waals surface area contributed by atoms with Gasteiger partial charge < -0.3 is 10.4 Å². The first-order chi connectivity index (χ1) is 9.29. The monoisotopic (exact) mass is 269 g/mol. The first-order valence-electron chi connectivity index (χ1n) is 5.94. The first-order valence-corrected chi connectivity index (χ1v) is 5.94. The van der Waals surface area contributed by atoms with Gasteiger partial charge in [0, 0.05) is 11.9 Å². The number of nitrogens with one attached hydrogen (secondary N) is 1. The lowest BCUT2D eigenvalue weighted by Crippen LogP contribution is -2.14. The molecule has 0 radical (unpaired) electrons. The minimum atomic E-state index is -1.03. The number of hydrogen-bond acceptors (Lipinski definition) is 4. The highest BCUT2D eigenvalue weighted by molar-refractivity contribution is 5.89. The second-order valence-corrected chi connectivity index (χ2v) is 5.24. The fourth-order valence-electron chi connectivity index (χ4n) is 1.69. The summed E-state index contributed by atoms with van der Waals surface area (Å²) in [5, 5.41) is 29.3. The number of carboxylic acids is 1. The fraction of sp³-hybridized carbons (Fsp3) is 0.267. The molecule has 20 heavy (non-hydrogen) atoms. The molecule has 0 saturated carbocycles. The summed E-state index contributed by atoms with van der Waals surface area (Å²) in [6.07, 6.45) is 1.27. The molecule has 2 N–H and O–H groups in total. The van der Waals surface area contributed by atoms with Crippen LogP contribution in [0.4, 0.5) is 5.69 Å². The quantitative estimate of drug-likeness (QED) is 0.822. The molecule has 1 aromatic rings. The van der Waals surface area contributed by atoms with Crippen molar-refractivity contribution in [3.63, 3.8) is 0 Å². The highest BCUT2D eigenvalue weighted by Gasteiger charge is 2.19. The van der Waals surface area contributed by atoms with Crippen molar-refractivity contribution in [2.24, 2.45) is 0 Å². The van der Waals surface area contributed by atoms with Crippen LogP contribution in [0.3, 0.4) is 0 Å². The van der Waals surface area contributed by atoms with E-state index in [4.69, 9.17) is 15.6 Å². The predicted molar refractivity (Wildman–Crippen MR) is 75.0 cm³/mol. The van der Waals surface area contributed by atoms with Crippen LogP contribution < -0.4 is 5.32 Å². The van der Waals surface area contributed by atoms with Crippen LogP contribution in [0.5, 0.6) is 0 Å². The van der Waals surface area contributed by atoms with Gasteiger partial charge in [-0.3, -0.25) is 0 Å². The summed E-state index contributed by atoms with van der Waals surface area (Å²) < 4.78 is 0. The second-order valence-electron chi connectivity index (χ2n) is 5.24. The zero-order valence-electron chi connectivity index (χ0n) is 11.6. The third-order valence-corrected chi connectivity index (χ3v) is 2.69. The van der Waals surface area contributed by atoms with Gasteiger partial charge >= 0.3 is 5.97 Å². The van der Waals surface area contributed by atoms with Crippen LogP contribution in [0.15, 0.2) is 30.0 Å².